The molecule has 1 saturated heterocycles. The number of nitrogen functional groups attached to an aromatic ring is 1. The van der Waals surface area contributed by atoms with E-state index in [0.29, 0.717) is 30.6 Å². The molecule has 1 aliphatic heterocycles. The zero-order chi connectivity index (χ0) is 21.3. The minimum atomic E-state index is -0.615. The molecule has 2 N–H and O–H groups in total. The van der Waals surface area contributed by atoms with E-state index >= 15 is 0 Å². The summed E-state index contributed by atoms with van der Waals surface area (Å²) in [5.74, 6) is 0.407. The number of pyridine rings is 1. The molecule has 0 aromatic carbocycles. The Morgan fingerprint density at radius 2 is 2.23 bits per heavy atom. The third-order valence-corrected chi connectivity index (χ3v) is 5.59. The van der Waals surface area contributed by atoms with E-state index in [4.69, 9.17) is 10.5 Å². The highest BCUT2D eigenvalue weighted by Gasteiger charge is 2.31. The number of aryl methyl sites for hydroxylation is 1. The van der Waals surface area contributed by atoms with Crippen molar-refractivity contribution in [2.24, 2.45) is 0 Å². The SMILES string of the molecule is CC(C)(CCc1ncc(F)cc1C1CCCN1c1ccn2ncc(N)c2n1)OC=O. The second-order valence-electron chi connectivity index (χ2n) is 8.17. The largest absolute Gasteiger partial charge is 0.462 e. The second-order valence-corrected chi connectivity index (χ2v) is 8.17. The zero-order valence-corrected chi connectivity index (χ0v) is 17.1. The molecule has 0 spiro atoms. The number of carbonyl (C=O) groups is 1. The summed E-state index contributed by atoms with van der Waals surface area (Å²) in [6.07, 6.45) is 7.63. The first-order valence-electron chi connectivity index (χ1n) is 10.0. The average molecular weight is 412 g/mol. The average Bonchev–Trinajstić information content (AvgIpc) is 3.34. The molecule has 8 nitrogen and oxygen atoms in total. The number of ether oxygens (including phenoxy) is 1. The van der Waals surface area contributed by atoms with Crippen LogP contribution in [0.2, 0.25) is 0 Å². The first-order chi connectivity index (χ1) is 14.4. The number of hydrogen-bond acceptors (Lipinski definition) is 7. The van der Waals surface area contributed by atoms with Crippen LogP contribution in [0.1, 0.15) is 50.4 Å². The maximum Gasteiger partial charge on any atom is 0.293 e. The standard InChI is InChI=1S/C21H25FN6O2/c1-21(2,30-13-29)7-5-17-15(10-14(22)11-24-17)18-4-3-8-27(18)19-6-9-28-20(26-19)16(23)12-25-28/h6,9-13,18H,3-5,7-8,23H2,1-2H3. The van der Waals surface area contributed by atoms with Gasteiger partial charge in [-0.05, 0) is 57.2 Å². The lowest BCUT2D eigenvalue weighted by Gasteiger charge is -2.28. The van der Waals surface area contributed by atoms with Crippen LogP contribution in [0.15, 0.2) is 30.7 Å². The topological polar surface area (TPSA) is 98.6 Å². The maximum absolute atomic E-state index is 14.1. The van der Waals surface area contributed by atoms with Crippen LogP contribution in [0.25, 0.3) is 5.65 Å². The molecular weight excluding hydrogens is 387 g/mol. The van der Waals surface area contributed by atoms with Gasteiger partial charge in [0.15, 0.2) is 5.65 Å². The Labute approximate surface area is 173 Å². The van der Waals surface area contributed by atoms with Gasteiger partial charge in [-0.15, -0.1) is 0 Å². The van der Waals surface area contributed by atoms with E-state index < -0.39 is 5.60 Å². The van der Waals surface area contributed by atoms with Crippen LogP contribution in [0, 0.1) is 5.82 Å². The van der Waals surface area contributed by atoms with E-state index in [1.165, 1.54) is 6.20 Å². The van der Waals surface area contributed by atoms with E-state index in [2.05, 4.69) is 20.0 Å². The van der Waals surface area contributed by atoms with Crippen molar-refractivity contribution in [1.29, 1.82) is 0 Å². The number of fused-ring (bicyclic) bond motifs is 1. The molecule has 9 heteroatoms. The first-order valence-corrected chi connectivity index (χ1v) is 10.0. The van der Waals surface area contributed by atoms with Gasteiger partial charge in [0.25, 0.3) is 6.47 Å². The van der Waals surface area contributed by atoms with Crippen LogP contribution >= 0.6 is 0 Å². The van der Waals surface area contributed by atoms with Crippen molar-refractivity contribution in [3.8, 4) is 0 Å². The van der Waals surface area contributed by atoms with Gasteiger partial charge >= 0.3 is 0 Å². The normalized spacial score (nSPS) is 16.9. The van der Waals surface area contributed by atoms with Gasteiger partial charge in [0.1, 0.15) is 17.2 Å². The molecule has 1 aliphatic rings. The zero-order valence-electron chi connectivity index (χ0n) is 17.1. The third kappa shape index (κ3) is 3.92. The highest BCUT2D eigenvalue weighted by molar-refractivity contribution is 5.65. The van der Waals surface area contributed by atoms with Gasteiger partial charge < -0.3 is 15.4 Å². The van der Waals surface area contributed by atoms with Crippen molar-refractivity contribution >= 4 is 23.6 Å². The summed E-state index contributed by atoms with van der Waals surface area (Å²) in [6.45, 7) is 4.96. The Kier molecular flexibility index (Phi) is 5.27. The minimum absolute atomic E-state index is 0.0441. The molecule has 3 aromatic rings. The van der Waals surface area contributed by atoms with Gasteiger partial charge in [-0.25, -0.2) is 13.9 Å². The monoisotopic (exact) mass is 412 g/mol. The summed E-state index contributed by atoms with van der Waals surface area (Å²) >= 11 is 0. The fourth-order valence-corrected chi connectivity index (χ4v) is 3.99. The summed E-state index contributed by atoms with van der Waals surface area (Å²) in [4.78, 5) is 22.0. The van der Waals surface area contributed by atoms with E-state index in [1.54, 1.807) is 16.8 Å². The lowest BCUT2D eigenvalue weighted by molar-refractivity contribution is -0.140. The Bertz CT molecular complexity index is 1070. The van der Waals surface area contributed by atoms with E-state index in [9.17, 15) is 9.18 Å². The fourth-order valence-electron chi connectivity index (χ4n) is 3.99. The van der Waals surface area contributed by atoms with Crippen LogP contribution < -0.4 is 10.6 Å². The molecule has 4 heterocycles. The third-order valence-electron chi connectivity index (χ3n) is 5.59. The van der Waals surface area contributed by atoms with Crippen LogP contribution in [0.4, 0.5) is 15.9 Å². The van der Waals surface area contributed by atoms with E-state index in [-0.39, 0.29) is 11.9 Å². The number of rotatable bonds is 7. The molecule has 3 aromatic heterocycles. The van der Waals surface area contributed by atoms with Crippen molar-refractivity contribution < 1.29 is 13.9 Å². The van der Waals surface area contributed by atoms with Crippen molar-refractivity contribution in [2.45, 2.75) is 51.2 Å². The van der Waals surface area contributed by atoms with Crippen LogP contribution in [0.3, 0.4) is 0 Å². The van der Waals surface area contributed by atoms with Gasteiger partial charge in [-0.2, -0.15) is 5.10 Å². The molecule has 158 valence electrons. The van der Waals surface area contributed by atoms with Crippen molar-refractivity contribution in [2.75, 3.05) is 17.2 Å². The number of aromatic nitrogens is 4. The Balaban J connectivity index is 1.65. The number of hydrogen-bond donors (Lipinski definition) is 1. The molecule has 1 atom stereocenters. The molecule has 4 rings (SSSR count). The van der Waals surface area contributed by atoms with Crippen LogP contribution in [0.5, 0.6) is 0 Å². The van der Waals surface area contributed by atoms with Gasteiger partial charge in [-0.1, -0.05) is 0 Å². The number of nitrogens with two attached hydrogens (primary N) is 1. The summed E-state index contributed by atoms with van der Waals surface area (Å²) in [7, 11) is 0. The number of anilines is 2. The Morgan fingerprint density at radius 1 is 1.40 bits per heavy atom. The molecule has 30 heavy (non-hydrogen) atoms. The maximum atomic E-state index is 14.1. The number of carbonyl (C=O) groups excluding carboxylic acids is 1. The Hall–Kier alpha value is -3.23. The molecule has 0 radical (unpaired) electrons. The predicted octanol–water partition coefficient (Wildman–Crippen LogP) is 3.07. The highest BCUT2D eigenvalue weighted by Crippen LogP contribution is 2.37. The molecule has 0 aliphatic carbocycles. The number of nitrogens with zero attached hydrogens (tertiary/aromatic N) is 5. The summed E-state index contributed by atoms with van der Waals surface area (Å²) in [6, 6.07) is 3.41. The smallest absolute Gasteiger partial charge is 0.293 e. The van der Waals surface area contributed by atoms with Crippen LogP contribution in [-0.4, -0.2) is 38.2 Å². The van der Waals surface area contributed by atoms with Crippen LogP contribution in [-0.2, 0) is 16.0 Å². The number of halogens is 1. The predicted molar refractivity (Wildman–Crippen MR) is 110 cm³/mol. The molecule has 1 fully saturated rings. The molecule has 0 saturated carbocycles. The lowest BCUT2D eigenvalue weighted by atomic mass is 9.95. The lowest BCUT2D eigenvalue weighted by Crippen LogP contribution is -2.27. The highest BCUT2D eigenvalue weighted by atomic mass is 19.1. The van der Waals surface area contributed by atoms with Crippen molar-refractivity contribution in [3.05, 3.63) is 47.8 Å². The second kappa shape index (κ2) is 7.89. The molecule has 0 bridgehead atoms. The van der Waals surface area contributed by atoms with Crippen molar-refractivity contribution in [3.63, 3.8) is 0 Å². The summed E-state index contributed by atoms with van der Waals surface area (Å²) in [5.41, 5.74) is 8.13. The van der Waals surface area contributed by atoms with Gasteiger partial charge in [0.2, 0.25) is 0 Å². The summed E-state index contributed by atoms with van der Waals surface area (Å²) in [5, 5.41) is 4.17. The van der Waals surface area contributed by atoms with Gasteiger partial charge in [-0.3, -0.25) is 9.78 Å². The molecule has 0 amide bonds. The fraction of sp³-hybridized carbons (Fsp3) is 0.429. The molecular formula is C21H25FN6O2. The van der Waals surface area contributed by atoms with Gasteiger partial charge in [0.05, 0.1) is 24.1 Å². The van der Waals surface area contributed by atoms with Crippen molar-refractivity contribution in [1.82, 2.24) is 19.6 Å². The summed E-state index contributed by atoms with van der Waals surface area (Å²) < 4.78 is 20.9. The van der Waals surface area contributed by atoms with E-state index in [1.807, 2.05) is 26.1 Å². The Morgan fingerprint density at radius 3 is 3.03 bits per heavy atom. The minimum Gasteiger partial charge on any atom is -0.462 e. The molecule has 1 unspecified atom stereocenters. The quantitative estimate of drug-likeness (QED) is 0.596. The first kappa shape index (κ1) is 20.1. The van der Waals surface area contributed by atoms with E-state index in [0.717, 1.165) is 36.5 Å². The van der Waals surface area contributed by atoms with Gasteiger partial charge in [0, 0.05) is 18.4 Å².